The third-order valence-electron chi connectivity index (χ3n) is 3.72. The van der Waals surface area contributed by atoms with Gasteiger partial charge < -0.3 is 19.2 Å². The standard InChI is InChI=1S/C19H24N2O6/c1-5-7-25-17-10-15(16(21(23)24)11-18(17)26-8-6-2)20-19(22)14-9-12(3)27-13(14)4/h9-11H,5-8H2,1-4H3,(H,20,22). The molecule has 0 fully saturated rings. The van der Waals surface area contributed by atoms with Gasteiger partial charge in [-0.05, 0) is 32.8 Å². The Labute approximate surface area is 157 Å². The van der Waals surface area contributed by atoms with Crippen LogP contribution in [-0.2, 0) is 0 Å². The van der Waals surface area contributed by atoms with Gasteiger partial charge in [-0.15, -0.1) is 0 Å². The zero-order valence-corrected chi connectivity index (χ0v) is 16.0. The number of carbonyl (C=O) groups is 1. The second-order valence-electron chi connectivity index (χ2n) is 6.05. The number of ether oxygens (including phenoxy) is 2. The van der Waals surface area contributed by atoms with Crippen LogP contribution in [0.4, 0.5) is 11.4 Å². The van der Waals surface area contributed by atoms with Crippen molar-refractivity contribution in [2.24, 2.45) is 0 Å². The minimum atomic E-state index is -0.564. The van der Waals surface area contributed by atoms with Gasteiger partial charge in [0, 0.05) is 6.07 Å². The lowest BCUT2D eigenvalue weighted by Crippen LogP contribution is -2.14. The molecule has 1 heterocycles. The molecule has 8 nitrogen and oxygen atoms in total. The lowest BCUT2D eigenvalue weighted by molar-refractivity contribution is -0.384. The normalized spacial score (nSPS) is 10.5. The van der Waals surface area contributed by atoms with Crippen molar-refractivity contribution in [3.05, 3.63) is 45.4 Å². The lowest BCUT2D eigenvalue weighted by Gasteiger charge is -2.14. The maximum Gasteiger partial charge on any atom is 0.296 e. The van der Waals surface area contributed by atoms with Gasteiger partial charge >= 0.3 is 0 Å². The van der Waals surface area contributed by atoms with Crippen LogP contribution < -0.4 is 14.8 Å². The van der Waals surface area contributed by atoms with E-state index in [-0.39, 0.29) is 17.1 Å². The van der Waals surface area contributed by atoms with Crippen LogP contribution in [0.2, 0.25) is 0 Å². The molecule has 0 atom stereocenters. The average Bonchev–Trinajstić information content (AvgIpc) is 2.96. The Kier molecular flexibility index (Phi) is 6.81. The van der Waals surface area contributed by atoms with Crippen molar-refractivity contribution in [2.75, 3.05) is 18.5 Å². The minimum absolute atomic E-state index is 0.0400. The van der Waals surface area contributed by atoms with Crippen molar-refractivity contribution in [1.82, 2.24) is 0 Å². The highest BCUT2D eigenvalue weighted by molar-refractivity contribution is 6.06. The first kappa shape index (κ1) is 20.3. The molecule has 0 saturated carbocycles. The molecule has 1 N–H and O–H groups in total. The molecule has 0 spiro atoms. The van der Waals surface area contributed by atoms with Crippen molar-refractivity contribution in [3.63, 3.8) is 0 Å². The van der Waals surface area contributed by atoms with E-state index in [1.54, 1.807) is 19.9 Å². The van der Waals surface area contributed by atoms with Crippen molar-refractivity contribution < 1.29 is 23.6 Å². The van der Waals surface area contributed by atoms with Gasteiger partial charge in [-0.25, -0.2) is 0 Å². The molecule has 2 aromatic rings. The number of anilines is 1. The molecule has 0 radical (unpaired) electrons. The predicted octanol–water partition coefficient (Wildman–Crippen LogP) is 4.63. The summed E-state index contributed by atoms with van der Waals surface area (Å²) in [7, 11) is 0. The smallest absolute Gasteiger partial charge is 0.296 e. The van der Waals surface area contributed by atoms with Gasteiger partial charge in [-0.2, -0.15) is 0 Å². The van der Waals surface area contributed by atoms with Crippen LogP contribution in [0.5, 0.6) is 11.5 Å². The fraction of sp³-hybridized carbons (Fsp3) is 0.421. The number of hydrogen-bond acceptors (Lipinski definition) is 6. The van der Waals surface area contributed by atoms with Gasteiger partial charge in [0.2, 0.25) is 0 Å². The molecule has 0 unspecified atom stereocenters. The Balaban J connectivity index is 2.41. The van der Waals surface area contributed by atoms with E-state index in [0.29, 0.717) is 36.0 Å². The molecule has 0 saturated heterocycles. The van der Waals surface area contributed by atoms with Crippen LogP contribution in [0.3, 0.4) is 0 Å². The summed E-state index contributed by atoms with van der Waals surface area (Å²) >= 11 is 0. The van der Waals surface area contributed by atoms with Crippen LogP contribution in [0.1, 0.15) is 48.6 Å². The first-order valence-corrected chi connectivity index (χ1v) is 8.83. The lowest BCUT2D eigenvalue weighted by atomic mass is 10.2. The van der Waals surface area contributed by atoms with Crippen LogP contribution >= 0.6 is 0 Å². The van der Waals surface area contributed by atoms with Gasteiger partial charge in [-0.1, -0.05) is 13.8 Å². The van der Waals surface area contributed by atoms with Crippen LogP contribution in [-0.4, -0.2) is 24.0 Å². The first-order chi connectivity index (χ1) is 12.9. The molecular weight excluding hydrogens is 352 g/mol. The number of aryl methyl sites for hydroxylation is 2. The Hall–Kier alpha value is -3.03. The predicted molar refractivity (Wildman–Crippen MR) is 101 cm³/mol. The van der Waals surface area contributed by atoms with E-state index in [1.807, 2.05) is 13.8 Å². The average molecular weight is 376 g/mol. The number of benzene rings is 1. The number of furan rings is 1. The molecule has 0 aliphatic heterocycles. The molecule has 0 aliphatic carbocycles. The zero-order chi connectivity index (χ0) is 20.0. The highest BCUT2D eigenvalue weighted by Crippen LogP contribution is 2.38. The Morgan fingerprint density at radius 2 is 1.70 bits per heavy atom. The Morgan fingerprint density at radius 1 is 1.11 bits per heavy atom. The largest absolute Gasteiger partial charge is 0.490 e. The molecule has 0 aliphatic rings. The van der Waals surface area contributed by atoms with Crippen LogP contribution in [0, 0.1) is 24.0 Å². The highest BCUT2D eigenvalue weighted by Gasteiger charge is 2.23. The number of nitrogens with zero attached hydrogens (tertiary/aromatic N) is 1. The molecule has 1 amide bonds. The van der Waals surface area contributed by atoms with E-state index >= 15 is 0 Å². The van der Waals surface area contributed by atoms with E-state index in [1.165, 1.54) is 12.1 Å². The van der Waals surface area contributed by atoms with E-state index in [0.717, 1.165) is 12.8 Å². The highest BCUT2D eigenvalue weighted by atomic mass is 16.6. The monoisotopic (exact) mass is 376 g/mol. The number of carbonyl (C=O) groups excluding carboxylic acids is 1. The maximum absolute atomic E-state index is 12.5. The number of rotatable bonds is 9. The molecule has 1 aromatic carbocycles. The second kappa shape index (κ2) is 9.07. The molecular formula is C19H24N2O6. The molecule has 27 heavy (non-hydrogen) atoms. The van der Waals surface area contributed by atoms with Crippen molar-refractivity contribution in [1.29, 1.82) is 0 Å². The SMILES string of the molecule is CCCOc1cc(NC(=O)c2cc(C)oc2C)c([N+](=O)[O-])cc1OCCC. The Bertz CT molecular complexity index is 828. The van der Waals surface area contributed by atoms with E-state index in [2.05, 4.69) is 5.32 Å². The third kappa shape index (κ3) is 4.99. The topological polar surface area (TPSA) is 104 Å². The van der Waals surface area contributed by atoms with Crippen LogP contribution in [0.15, 0.2) is 22.6 Å². The van der Waals surface area contributed by atoms with Crippen molar-refractivity contribution in [2.45, 2.75) is 40.5 Å². The third-order valence-corrected chi connectivity index (χ3v) is 3.72. The van der Waals surface area contributed by atoms with Gasteiger partial charge in [0.25, 0.3) is 11.6 Å². The fourth-order valence-corrected chi connectivity index (χ4v) is 2.50. The fourth-order valence-electron chi connectivity index (χ4n) is 2.50. The van der Waals surface area contributed by atoms with Crippen molar-refractivity contribution >= 4 is 17.3 Å². The Morgan fingerprint density at radius 3 is 2.19 bits per heavy atom. The summed E-state index contributed by atoms with van der Waals surface area (Å²) in [5.74, 6) is 1.17. The maximum atomic E-state index is 12.5. The zero-order valence-electron chi connectivity index (χ0n) is 16.0. The van der Waals surface area contributed by atoms with Crippen molar-refractivity contribution in [3.8, 4) is 11.5 Å². The molecule has 2 rings (SSSR count). The number of hydrogen-bond donors (Lipinski definition) is 1. The summed E-state index contributed by atoms with van der Waals surface area (Å²) in [6.07, 6.45) is 1.51. The van der Waals surface area contributed by atoms with Crippen LogP contribution in [0.25, 0.3) is 0 Å². The molecule has 146 valence electrons. The number of nitro benzene ring substituents is 1. The summed E-state index contributed by atoms with van der Waals surface area (Å²) in [6, 6.07) is 4.30. The molecule has 0 bridgehead atoms. The number of nitrogens with one attached hydrogen (secondary N) is 1. The van der Waals surface area contributed by atoms with Gasteiger partial charge in [-0.3, -0.25) is 14.9 Å². The van der Waals surface area contributed by atoms with Gasteiger partial charge in [0.1, 0.15) is 17.2 Å². The summed E-state index contributed by atoms with van der Waals surface area (Å²) in [5, 5.41) is 14.1. The second-order valence-corrected chi connectivity index (χ2v) is 6.05. The minimum Gasteiger partial charge on any atom is -0.490 e. The van der Waals surface area contributed by atoms with E-state index < -0.39 is 10.8 Å². The summed E-state index contributed by atoms with van der Waals surface area (Å²) < 4.78 is 16.6. The number of nitro groups is 1. The quantitative estimate of drug-likeness (QED) is 0.505. The first-order valence-electron chi connectivity index (χ1n) is 8.83. The number of amides is 1. The van der Waals surface area contributed by atoms with Gasteiger partial charge in [0.15, 0.2) is 11.5 Å². The molecule has 8 heteroatoms. The van der Waals surface area contributed by atoms with Gasteiger partial charge in [0.05, 0.1) is 29.8 Å². The van der Waals surface area contributed by atoms with E-state index in [9.17, 15) is 14.9 Å². The summed E-state index contributed by atoms with van der Waals surface area (Å²) in [4.78, 5) is 23.5. The summed E-state index contributed by atoms with van der Waals surface area (Å²) in [5.41, 5.74) is 0.0958. The summed E-state index contributed by atoms with van der Waals surface area (Å²) in [6.45, 7) is 8.10. The molecule has 1 aromatic heterocycles. The van der Waals surface area contributed by atoms with E-state index in [4.69, 9.17) is 13.9 Å².